The van der Waals surface area contributed by atoms with Crippen LogP contribution in [0.2, 0.25) is 0 Å². The maximum Gasteiger partial charge on any atom is 0.313 e. The first kappa shape index (κ1) is 22.1. The molecule has 9 nitrogen and oxygen atoms in total. The fourth-order valence-corrected chi connectivity index (χ4v) is 3.99. The molecule has 1 aliphatic heterocycles. The molecule has 0 spiro atoms. The number of fused-ring (bicyclic) bond motifs is 1. The first-order valence-electron chi connectivity index (χ1n) is 9.38. The molecule has 0 saturated heterocycles. The Morgan fingerprint density at radius 1 is 0.774 bits per heavy atom. The molecule has 31 heavy (non-hydrogen) atoms. The van der Waals surface area contributed by atoms with Gasteiger partial charge in [0.1, 0.15) is 11.7 Å². The lowest BCUT2D eigenvalue weighted by atomic mass is 9.79. The largest absolute Gasteiger partial charge is 0.496 e. The lowest BCUT2D eigenvalue weighted by Gasteiger charge is -2.39. The third-order valence-corrected chi connectivity index (χ3v) is 5.50. The summed E-state index contributed by atoms with van der Waals surface area (Å²) in [7, 11) is 8.89. The summed E-state index contributed by atoms with van der Waals surface area (Å²) in [6.45, 7) is 0. The third-order valence-electron chi connectivity index (χ3n) is 5.50. The van der Waals surface area contributed by atoms with Gasteiger partial charge in [-0.2, -0.15) is 0 Å². The van der Waals surface area contributed by atoms with Crippen molar-refractivity contribution in [1.82, 2.24) is 4.90 Å². The van der Waals surface area contributed by atoms with Crippen LogP contribution < -0.4 is 23.7 Å². The number of rotatable bonds is 7. The third kappa shape index (κ3) is 3.56. The van der Waals surface area contributed by atoms with E-state index in [4.69, 9.17) is 23.7 Å². The maximum absolute atomic E-state index is 13.3. The Kier molecular flexibility index (Phi) is 6.14. The molecule has 1 heterocycles. The van der Waals surface area contributed by atoms with Gasteiger partial charge in [0.15, 0.2) is 23.0 Å². The van der Waals surface area contributed by atoms with Crippen LogP contribution in [-0.2, 0) is 4.79 Å². The van der Waals surface area contributed by atoms with Crippen LogP contribution in [0, 0.1) is 0 Å². The Balaban J connectivity index is 2.30. The highest BCUT2D eigenvalue weighted by atomic mass is 16.5. The zero-order chi connectivity index (χ0) is 22.9. The van der Waals surface area contributed by atoms with Crippen LogP contribution in [0.1, 0.15) is 33.4 Å². The van der Waals surface area contributed by atoms with E-state index in [0.29, 0.717) is 39.9 Å². The topological polar surface area (TPSA) is 104 Å². The number of carboxylic acid groups (broad SMARTS) is 1. The second-order valence-corrected chi connectivity index (χ2v) is 6.92. The monoisotopic (exact) mass is 431 g/mol. The molecule has 2 aromatic carbocycles. The van der Waals surface area contributed by atoms with Gasteiger partial charge in [0.2, 0.25) is 0 Å². The molecule has 0 unspecified atom stereocenters. The minimum Gasteiger partial charge on any atom is -0.496 e. The summed E-state index contributed by atoms with van der Waals surface area (Å²) in [5, 5.41) is 10.2. The standard InChI is InChI=1S/C22H25NO8/c1-23-20(13-9-17(30-5)18(31-6)10-14(13)27-2)19(22(25)26)11-7-15(28-3)16(29-4)8-12(11)21(23)24/h7-10,19-20H,1-6H3,(H,25,26)/t19-,20+/m0/s1. The van der Waals surface area contributed by atoms with E-state index in [1.54, 1.807) is 19.2 Å². The summed E-state index contributed by atoms with van der Waals surface area (Å²) >= 11 is 0. The van der Waals surface area contributed by atoms with Crippen molar-refractivity contribution < 1.29 is 38.4 Å². The number of hydrogen-bond donors (Lipinski definition) is 1. The van der Waals surface area contributed by atoms with Gasteiger partial charge in [0.25, 0.3) is 5.91 Å². The maximum atomic E-state index is 13.3. The highest BCUT2D eigenvalue weighted by Gasteiger charge is 2.45. The average Bonchev–Trinajstić information content (AvgIpc) is 2.79. The van der Waals surface area contributed by atoms with E-state index in [1.807, 2.05) is 0 Å². The molecule has 1 aliphatic rings. The Hall–Kier alpha value is -3.62. The van der Waals surface area contributed by atoms with Gasteiger partial charge < -0.3 is 33.7 Å². The summed E-state index contributed by atoms with van der Waals surface area (Å²) in [6.07, 6.45) is 0. The number of hydrogen-bond acceptors (Lipinski definition) is 7. The van der Waals surface area contributed by atoms with E-state index >= 15 is 0 Å². The molecular weight excluding hydrogens is 406 g/mol. The molecule has 166 valence electrons. The normalized spacial score (nSPS) is 17.6. The number of likely N-dealkylation sites (N-methyl/N-ethyl adjacent to an activating group) is 1. The molecule has 0 bridgehead atoms. The Morgan fingerprint density at radius 3 is 1.71 bits per heavy atom. The number of amides is 1. The van der Waals surface area contributed by atoms with Gasteiger partial charge in [0, 0.05) is 24.2 Å². The van der Waals surface area contributed by atoms with Crippen LogP contribution in [0.25, 0.3) is 0 Å². The highest BCUT2D eigenvalue weighted by Crippen LogP contribution is 2.49. The van der Waals surface area contributed by atoms with Gasteiger partial charge in [-0.3, -0.25) is 9.59 Å². The van der Waals surface area contributed by atoms with Gasteiger partial charge in [-0.15, -0.1) is 0 Å². The predicted molar refractivity (Wildman–Crippen MR) is 111 cm³/mol. The first-order chi connectivity index (χ1) is 14.8. The van der Waals surface area contributed by atoms with Gasteiger partial charge >= 0.3 is 5.97 Å². The van der Waals surface area contributed by atoms with E-state index in [0.717, 1.165) is 0 Å². The molecule has 0 aromatic heterocycles. The Bertz CT molecular complexity index is 1020. The molecule has 2 aromatic rings. The van der Waals surface area contributed by atoms with E-state index in [1.165, 1.54) is 52.6 Å². The van der Waals surface area contributed by atoms with Crippen molar-refractivity contribution in [3.63, 3.8) is 0 Å². The van der Waals surface area contributed by atoms with Crippen molar-refractivity contribution in [1.29, 1.82) is 0 Å². The smallest absolute Gasteiger partial charge is 0.313 e. The molecule has 0 radical (unpaired) electrons. The van der Waals surface area contributed by atoms with Gasteiger partial charge in [-0.1, -0.05) is 0 Å². The van der Waals surface area contributed by atoms with Gasteiger partial charge in [-0.25, -0.2) is 0 Å². The fraction of sp³-hybridized carbons (Fsp3) is 0.364. The van der Waals surface area contributed by atoms with Crippen LogP contribution in [0.5, 0.6) is 28.7 Å². The number of nitrogens with zero attached hydrogens (tertiary/aromatic N) is 1. The predicted octanol–water partition coefficient (Wildman–Crippen LogP) is 2.72. The number of benzene rings is 2. The second-order valence-electron chi connectivity index (χ2n) is 6.92. The van der Waals surface area contributed by atoms with E-state index < -0.39 is 17.9 Å². The summed E-state index contributed by atoms with van der Waals surface area (Å²) in [5.74, 6) is -0.683. The minimum absolute atomic E-state index is 0.239. The van der Waals surface area contributed by atoms with E-state index in [-0.39, 0.29) is 11.5 Å². The summed E-state index contributed by atoms with van der Waals surface area (Å²) in [6, 6.07) is 5.41. The quantitative estimate of drug-likeness (QED) is 0.714. The molecule has 2 atom stereocenters. The first-order valence-corrected chi connectivity index (χ1v) is 9.38. The second kappa shape index (κ2) is 8.63. The van der Waals surface area contributed by atoms with Crippen molar-refractivity contribution in [3.8, 4) is 28.7 Å². The average molecular weight is 431 g/mol. The van der Waals surface area contributed by atoms with Crippen LogP contribution in [-0.4, -0.2) is 64.5 Å². The van der Waals surface area contributed by atoms with Crippen molar-refractivity contribution in [2.75, 3.05) is 42.6 Å². The van der Waals surface area contributed by atoms with Crippen molar-refractivity contribution in [3.05, 3.63) is 41.0 Å². The van der Waals surface area contributed by atoms with Crippen molar-refractivity contribution in [2.24, 2.45) is 0 Å². The number of carboxylic acids is 1. The molecule has 0 aliphatic carbocycles. The molecule has 0 saturated carbocycles. The fourth-order valence-electron chi connectivity index (χ4n) is 3.99. The molecule has 3 rings (SSSR count). The van der Waals surface area contributed by atoms with Crippen LogP contribution in [0.3, 0.4) is 0 Å². The molecule has 1 amide bonds. The van der Waals surface area contributed by atoms with E-state index in [9.17, 15) is 14.7 Å². The van der Waals surface area contributed by atoms with Gasteiger partial charge in [-0.05, 0) is 23.8 Å². The van der Waals surface area contributed by atoms with Crippen molar-refractivity contribution >= 4 is 11.9 Å². The minimum atomic E-state index is -1.10. The molecule has 0 fully saturated rings. The lowest BCUT2D eigenvalue weighted by molar-refractivity contribution is -0.140. The van der Waals surface area contributed by atoms with Crippen LogP contribution in [0.15, 0.2) is 24.3 Å². The summed E-state index contributed by atoms with van der Waals surface area (Å²) in [4.78, 5) is 27.1. The number of carbonyl (C=O) groups is 2. The number of ether oxygens (including phenoxy) is 5. The molecule has 1 N–H and O–H groups in total. The van der Waals surface area contributed by atoms with Crippen LogP contribution >= 0.6 is 0 Å². The summed E-state index contributed by atoms with van der Waals surface area (Å²) in [5.41, 5.74) is 1.04. The number of aliphatic carboxylic acids is 1. The van der Waals surface area contributed by atoms with E-state index in [2.05, 4.69) is 0 Å². The SMILES string of the molecule is COc1cc(OC)c([C@@H]2[C@@H](C(=O)O)c3cc(OC)c(OC)cc3C(=O)N2C)cc1OC. The zero-order valence-corrected chi connectivity index (χ0v) is 18.2. The Labute approximate surface area is 180 Å². The molecular formula is C22H25NO8. The Morgan fingerprint density at radius 2 is 1.23 bits per heavy atom. The van der Waals surface area contributed by atoms with Crippen LogP contribution in [0.4, 0.5) is 0 Å². The number of methoxy groups -OCH3 is 5. The number of carbonyl (C=O) groups excluding carboxylic acids is 1. The highest BCUT2D eigenvalue weighted by molar-refractivity contribution is 6.01. The van der Waals surface area contributed by atoms with Crippen molar-refractivity contribution in [2.45, 2.75) is 12.0 Å². The lowest BCUT2D eigenvalue weighted by Crippen LogP contribution is -2.42. The zero-order valence-electron chi connectivity index (χ0n) is 18.2. The molecule has 9 heteroatoms. The van der Waals surface area contributed by atoms with Gasteiger partial charge in [0.05, 0.1) is 41.6 Å². The summed E-state index contributed by atoms with van der Waals surface area (Å²) < 4.78 is 26.9.